The standard InChI is InChI=1S/C25H28F3N3O3/c26-25(27,28)18-10-8-17(9-11-18)14-29-23(33)20-15-31(19-6-2-3-7-19)16-21(22(20)32)24(34)30-12-4-1-5-13-30/h8-11,15-16,19H,1-7,12-14H2,(H,29,33). The fourth-order valence-electron chi connectivity index (χ4n) is 4.68. The Morgan fingerprint density at radius 3 is 2.15 bits per heavy atom. The van der Waals surface area contributed by atoms with Gasteiger partial charge in [0.2, 0.25) is 5.43 Å². The summed E-state index contributed by atoms with van der Waals surface area (Å²) in [7, 11) is 0. The largest absolute Gasteiger partial charge is 0.416 e. The second-order valence-corrected chi connectivity index (χ2v) is 9.03. The van der Waals surface area contributed by atoms with Crippen LogP contribution in [0.3, 0.4) is 0 Å². The normalized spacial score (nSPS) is 17.1. The van der Waals surface area contributed by atoms with Crippen molar-refractivity contribution in [2.75, 3.05) is 13.1 Å². The predicted octanol–water partition coefficient (Wildman–Crippen LogP) is 4.54. The molecule has 0 bridgehead atoms. The molecule has 1 aromatic carbocycles. The third-order valence-electron chi connectivity index (χ3n) is 6.64. The first kappa shape index (κ1) is 24.0. The first-order chi connectivity index (χ1) is 16.2. The van der Waals surface area contributed by atoms with E-state index in [0.29, 0.717) is 18.7 Å². The summed E-state index contributed by atoms with van der Waals surface area (Å²) < 4.78 is 40.1. The van der Waals surface area contributed by atoms with Crippen molar-refractivity contribution in [2.24, 2.45) is 0 Å². The van der Waals surface area contributed by atoms with Crippen molar-refractivity contribution in [3.05, 3.63) is 69.1 Å². The molecule has 1 aliphatic carbocycles. The van der Waals surface area contributed by atoms with Gasteiger partial charge in [0.15, 0.2) is 0 Å². The maximum atomic E-state index is 13.2. The van der Waals surface area contributed by atoms with E-state index in [1.807, 2.05) is 4.57 Å². The number of pyridine rings is 1. The number of aromatic nitrogens is 1. The van der Waals surface area contributed by atoms with E-state index in [0.717, 1.165) is 57.1 Å². The Kier molecular flexibility index (Phi) is 7.09. The van der Waals surface area contributed by atoms with Crippen molar-refractivity contribution in [1.82, 2.24) is 14.8 Å². The average Bonchev–Trinajstić information content (AvgIpc) is 3.37. The van der Waals surface area contributed by atoms with E-state index in [1.54, 1.807) is 11.1 Å². The van der Waals surface area contributed by atoms with Crippen LogP contribution < -0.4 is 10.7 Å². The number of halogens is 3. The molecule has 2 fully saturated rings. The van der Waals surface area contributed by atoms with Gasteiger partial charge in [-0.25, -0.2) is 0 Å². The van der Waals surface area contributed by atoms with E-state index >= 15 is 0 Å². The molecule has 1 aromatic heterocycles. The van der Waals surface area contributed by atoms with Gasteiger partial charge < -0.3 is 14.8 Å². The molecule has 0 atom stereocenters. The number of hydrogen-bond acceptors (Lipinski definition) is 3. The minimum atomic E-state index is -4.44. The first-order valence-corrected chi connectivity index (χ1v) is 11.7. The number of likely N-dealkylation sites (tertiary alicyclic amines) is 1. The molecule has 4 rings (SSSR count). The van der Waals surface area contributed by atoms with E-state index in [4.69, 9.17) is 0 Å². The molecule has 1 aliphatic heterocycles. The lowest BCUT2D eigenvalue weighted by atomic mass is 10.1. The molecule has 2 aromatic rings. The van der Waals surface area contributed by atoms with Crippen LogP contribution in [-0.2, 0) is 12.7 Å². The minimum absolute atomic E-state index is 0.00372. The number of carbonyl (C=O) groups is 2. The molecular formula is C25H28F3N3O3. The molecule has 9 heteroatoms. The summed E-state index contributed by atoms with van der Waals surface area (Å²) in [4.78, 5) is 40.9. The zero-order valence-electron chi connectivity index (χ0n) is 18.9. The Morgan fingerprint density at radius 1 is 0.912 bits per heavy atom. The number of benzene rings is 1. The van der Waals surface area contributed by atoms with Gasteiger partial charge in [-0.15, -0.1) is 0 Å². The van der Waals surface area contributed by atoms with Crippen LogP contribution in [0.25, 0.3) is 0 Å². The fraction of sp³-hybridized carbons (Fsp3) is 0.480. The lowest BCUT2D eigenvalue weighted by molar-refractivity contribution is -0.137. The number of nitrogens with zero attached hydrogens (tertiary/aromatic N) is 2. The van der Waals surface area contributed by atoms with Gasteiger partial charge in [-0.05, 0) is 49.8 Å². The number of carbonyl (C=O) groups excluding carboxylic acids is 2. The Bertz CT molecular complexity index is 1100. The Hall–Kier alpha value is -3.10. The molecule has 0 spiro atoms. The number of rotatable bonds is 5. The highest BCUT2D eigenvalue weighted by Crippen LogP contribution is 2.30. The van der Waals surface area contributed by atoms with Gasteiger partial charge in [0.05, 0.1) is 5.56 Å². The van der Waals surface area contributed by atoms with Gasteiger partial charge in [-0.2, -0.15) is 13.2 Å². The van der Waals surface area contributed by atoms with E-state index in [-0.39, 0.29) is 29.6 Å². The van der Waals surface area contributed by atoms with Crippen molar-refractivity contribution in [2.45, 2.75) is 63.7 Å². The molecule has 2 heterocycles. The SMILES string of the molecule is O=C(NCc1ccc(C(F)(F)F)cc1)c1cn(C2CCCC2)cc(C(=O)N2CCCCC2)c1=O. The molecule has 182 valence electrons. The Labute approximate surface area is 195 Å². The molecule has 6 nitrogen and oxygen atoms in total. The highest BCUT2D eigenvalue weighted by Gasteiger charge is 2.30. The van der Waals surface area contributed by atoms with Crippen LogP contribution in [0.2, 0.25) is 0 Å². The predicted molar refractivity (Wildman–Crippen MR) is 121 cm³/mol. The van der Waals surface area contributed by atoms with Crippen LogP contribution in [0.5, 0.6) is 0 Å². The average molecular weight is 476 g/mol. The first-order valence-electron chi connectivity index (χ1n) is 11.7. The van der Waals surface area contributed by atoms with Crippen molar-refractivity contribution in [3.63, 3.8) is 0 Å². The maximum absolute atomic E-state index is 13.2. The Balaban J connectivity index is 1.58. The molecule has 2 aliphatic rings. The molecule has 34 heavy (non-hydrogen) atoms. The topological polar surface area (TPSA) is 71.4 Å². The lowest BCUT2D eigenvalue weighted by Crippen LogP contribution is -2.40. The third-order valence-corrected chi connectivity index (χ3v) is 6.64. The number of hydrogen-bond donors (Lipinski definition) is 1. The van der Waals surface area contributed by atoms with Crippen LogP contribution in [0.1, 0.15) is 82.8 Å². The van der Waals surface area contributed by atoms with Crippen molar-refractivity contribution in [3.8, 4) is 0 Å². The summed E-state index contributed by atoms with van der Waals surface area (Å²) in [6.45, 7) is 1.14. The van der Waals surface area contributed by atoms with Gasteiger partial charge in [0.25, 0.3) is 11.8 Å². The molecule has 0 radical (unpaired) electrons. The lowest BCUT2D eigenvalue weighted by Gasteiger charge is -2.27. The number of alkyl halides is 3. The molecule has 1 saturated heterocycles. The molecule has 1 saturated carbocycles. The number of amides is 2. The van der Waals surface area contributed by atoms with Crippen LogP contribution >= 0.6 is 0 Å². The van der Waals surface area contributed by atoms with E-state index in [9.17, 15) is 27.6 Å². The van der Waals surface area contributed by atoms with Crippen molar-refractivity contribution < 1.29 is 22.8 Å². The minimum Gasteiger partial charge on any atom is -0.349 e. The molecule has 0 unspecified atom stereocenters. The quantitative estimate of drug-likeness (QED) is 0.690. The zero-order valence-corrected chi connectivity index (χ0v) is 18.9. The summed E-state index contributed by atoms with van der Waals surface area (Å²) in [5, 5.41) is 2.62. The van der Waals surface area contributed by atoms with Gasteiger partial charge in [-0.1, -0.05) is 25.0 Å². The van der Waals surface area contributed by atoms with Crippen LogP contribution in [-0.4, -0.2) is 34.4 Å². The summed E-state index contributed by atoms with van der Waals surface area (Å²) in [6.07, 6.45) is 5.38. The van der Waals surface area contributed by atoms with E-state index < -0.39 is 23.1 Å². The fourth-order valence-corrected chi connectivity index (χ4v) is 4.68. The molecule has 2 amide bonds. The summed E-state index contributed by atoms with van der Waals surface area (Å²) in [5.41, 5.74) is -1.05. The summed E-state index contributed by atoms with van der Waals surface area (Å²) >= 11 is 0. The van der Waals surface area contributed by atoms with Gasteiger partial charge in [0.1, 0.15) is 11.1 Å². The van der Waals surface area contributed by atoms with Gasteiger partial charge in [-0.3, -0.25) is 14.4 Å². The summed E-state index contributed by atoms with van der Waals surface area (Å²) in [6, 6.07) is 4.60. The molecular weight excluding hydrogens is 447 g/mol. The van der Waals surface area contributed by atoms with E-state index in [2.05, 4.69) is 5.32 Å². The van der Waals surface area contributed by atoms with Crippen molar-refractivity contribution in [1.29, 1.82) is 0 Å². The maximum Gasteiger partial charge on any atom is 0.416 e. The molecule has 1 N–H and O–H groups in total. The van der Waals surface area contributed by atoms with Crippen LogP contribution in [0, 0.1) is 0 Å². The Morgan fingerprint density at radius 2 is 1.53 bits per heavy atom. The number of piperidine rings is 1. The second kappa shape index (κ2) is 10.0. The van der Waals surface area contributed by atoms with Crippen LogP contribution in [0.15, 0.2) is 41.5 Å². The van der Waals surface area contributed by atoms with Gasteiger partial charge in [0, 0.05) is 38.1 Å². The highest BCUT2D eigenvalue weighted by molar-refractivity contribution is 5.99. The third kappa shape index (κ3) is 5.34. The van der Waals surface area contributed by atoms with Crippen molar-refractivity contribution >= 4 is 11.8 Å². The zero-order chi connectivity index (χ0) is 24.3. The van der Waals surface area contributed by atoms with E-state index in [1.165, 1.54) is 18.3 Å². The van der Waals surface area contributed by atoms with Gasteiger partial charge >= 0.3 is 6.18 Å². The summed E-state index contributed by atoms with van der Waals surface area (Å²) in [5.74, 6) is -1.00. The number of nitrogens with one attached hydrogen (secondary N) is 1. The second-order valence-electron chi connectivity index (χ2n) is 9.03. The smallest absolute Gasteiger partial charge is 0.349 e. The monoisotopic (exact) mass is 475 g/mol. The van der Waals surface area contributed by atoms with Crippen LogP contribution in [0.4, 0.5) is 13.2 Å². The highest BCUT2D eigenvalue weighted by atomic mass is 19.4.